The number of nitrogens with two attached hydrogens (primary N) is 1. The zero-order chi connectivity index (χ0) is 12.5. The molecule has 0 bridgehead atoms. The van der Waals surface area contributed by atoms with Crippen LogP contribution in [0.15, 0.2) is 54.6 Å². The molecule has 18 heavy (non-hydrogen) atoms. The minimum atomic E-state index is -0.0111. The highest BCUT2D eigenvalue weighted by Crippen LogP contribution is 2.28. The number of Topliss-reactive ketones (excluding diaryl/α,β-unsaturated/α-hetero) is 1. The average molecular weight is 235 g/mol. The molecule has 2 heteroatoms. The van der Waals surface area contributed by atoms with Gasteiger partial charge < -0.3 is 5.73 Å². The van der Waals surface area contributed by atoms with Crippen molar-refractivity contribution in [2.75, 3.05) is 6.54 Å². The summed E-state index contributed by atoms with van der Waals surface area (Å²) in [7, 11) is 0. The number of carbonyl (C=O) groups excluding carboxylic acids is 1. The topological polar surface area (TPSA) is 43.1 Å². The summed E-state index contributed by atoms with van der Waals surface area (Å²) in [4.78, 5) is 12.1. The van der Waals surface area contributed by atoms with Crippen LogP contribution in [-0.4, -0.2) is 12.3 Å². The molecule has 0 fully saturated rings. The summed E-state index contributed by atoms with van der Waals surface area (Å²) in [5.41, 5.74) is 6.28. The molecular weight excluding hydrogens is 222 g/mol. The fourth-order valence-electron chi connectivity index (χ4n) is 2.42. The molecule has 3 rings (SSSR count). The average Bonchev–Trinajstić information content (AvgIpc) is 2.44. The second kappa shape index (κ2) is 4.24. The van der Waals surface area contributed by atoms with E-state index in [2.05, 4.69) is 6.07 Å². The van der Waals surface area contributed by atoms with Gasteiger partial charge in [0.1, 0.15) is 0 Å². The van der Waals surface area contributed by atoms with E-state index in [1.807, 2.05) is 48.5 Å². The maximum Gasteiger partial charge on any atom is 0.177 e. The lowest BCUT2D eigenvalue weighted by atomic mass is 9.94. The lowest BCUT2D eigenvalue weighted by Crippen LogP contribution is -2.14. The van der Waals surface area contributed by atoms with Gasteiger partial charge in [0.2, 0.25) is 0 Å². The molecule has 0 aliphatic heterocycles. The molecular formula is C16H13NO. The van der Waals surface area contributed by atoms with E-state index < -0.39 is 0 Å². The molecule has 0 unspecified atom stereocenters. The molecule has 3 aromatic rings. The highest BCUT2D eigenvalue weighted by Gasteiger charge is 2.12. The predicted octanol–water partition coefficient (Wildman–Crippen LogP) is 3.13. The quantitative estimate of drug-likeness (QED) is 0.547. The Bertz CT molecular complexity index is 692. The van der Waals surface area contributed by atoms with Crippen LogP contribution in [0.1, 0.15) is 10.4 Å². The number of hydrogen-bond donors (Lipinski definition) is 1. The maximum atomic E-state index is 12.1. The summed E-state index contributed by atoms with van der Waals surface area (Å²) in [6.45, 7) is 0.0397. The molecule has 2 N–H and O–H groups in total. The lowest BCUT2D eigenvalue weighted by Gasteiger charge is -2.09. The highest BCUT2D eigenvalue weighted by molar-refractivity contribution is 6.19. The Morgan fingerprint density at radius 1 is 0.889 bits per heavy atom. The van der Waals surface area contributed by atoms with Crippen LogP contribution in [0.5, 0.6) is 0 Å². The zero-order valence-electron chi connectivity index (χ0n) is 9.89. The van der Waals surface area contributed by atoms with Crippen LogP contribution in [0, 0.1) is 0 Å². The summed E-state index contributed by atoms with van der Waals surface area (Å²) in [5, 5.41) is 4.11. The monoisotopic (exact) mass is 235 g/mol. The maximum absolute atomic E-state index is 12.1. The smallest absolute Gasteiger partial charge is 0.177 e. The van der Waals surface area contributed by atoms with Crippen molar-refractivity contribution in [2.24, 2.45) is 5.73 Å². The van der Waals surface area contributed by atoms with Crippen LogP contribution in [0.2, 0.25) is 0 Å². The van der Waals surface area contributed by atoms with Gasteiger partial charge in [0.15, 0.2) is 5.78 Å². The van der Waals surface area contributed by atoms with E-state index in [1.165, 1.54) is 0 Å². The molecule has 88 valence electrons. The van der Waals surface area contributed by atoms with Crippen LogP contribution in [-0.2, 0) is 0 Å². The Hall–Kier alpha value is -2.19. The lowest BCUT2D eigenvalue weighted by molar-refractivity contribution is 0.100. The molecule has 0 saturated carbocycles. The number of benzene rings is 3. The van der Waals surface area contributed by atoms with Gasteiger partial charge in [-0.3, -0.25) is 4.79 Å². The van der Waals surface area contributed by atoms with Gasteiger partial charge in [-0.2, -0.15) is 0 Å². The van der Waals surface area contributed by atoms with Crippen LogP contribution in [0.3, 0.4) is 0 Å². The molecule has 0 heterocycles. The van der Waals surface area contributed by atoms with Gasteiger partial charge in [0.05, 0.1) is 6.54 Å². The molecule has 2 nitrogen and oxygen atoms in total. The van der Waals surface area contributed by atoms with E-state index in [-0.39, 0.29) is 12.3 Å². The Kier molecular flexibility index (Phi) is 2.58. The van der Waals surface area contributed by atoms with Crippen molar-refractivity contribution in [1.82, 2.24) is 0 Å². The first-order valence-electron chi connectivity index (χ1n) is 5.95. The van der Waals surface area contributed by atoms with E-state index in [0.29, 0.717) is 0 Å². The molecule has 0 spiro atoms. The molecule has 3 aromatic carbocycles. The standard InChI is InChI=1S/C16H13NO/c17-10-15(18)16-13-7-3-1-5-11(13)9-12-6-2-4-8-14(12)16/h1-9H,10,17H2. The van der Waals surface area contributed by atoms with Gasteiger partial charge in [-0.05, 0) is 27.6 Å². The first kappa shape index (κ1) is 10.9. The third-order valence-electron chi connectivity index (χ3n) is 3.24. The van der Waals surface area contributed by atoms with Gasteiger partial charge in [-0.15, -0.1) is 0 Å². The Morgan fingerprint density at radius 3 is 1.89 bits per heavy atom. The van der Waals surface area contributed by atoms with Gasteiger partial charge >= 0.3 is 0 Å². The SMILES string of the molecule is NCC(=O)c1c2ccccc2cc2ccccc12. The number of ketones is 1. The van der Waals surface area contributed by atoms with Crippen molar-refractivity contribution in [1.29, 1.82) is 0 Å². The first-order valence-corrected chi connectivity index (χ1v) is 5.95. The molecule has 0 aliphatic rings. The third kappa shape index (κ3) is 1.59. The number of hydrogen-bond acceptors (Lipinski definition) is 2. The van der Waals surface area contributed by atoms with Crippen LogP contribution >= 0.6 is 0 Å². The zero-order valence-corrected chi connectivity index (χ0v) is 9.89. The fourth-order valence-corrected chi connectivity index (χ4v) is 2.42. The van der Waals surface area contributed by atoms with Crippen molar-refractivity contribution in [3.8, 4) is 0 Å². The van der Waals surface area contributed by atoms with E-state index in [0.717, 1.165) is 27.1 Å². The van der Waals surface area contributed by atoms with E-state index in [4.69, 9.17) is 5.73 Å². The van der Waals surface area contributed by atoms with Crippen LogP contribution in [0.4, 0.5) is 0 Å². The van der Waals surface area contributed by atoms with E-state index >= 15 is 0 Å². The van der Waals surface area contributed by atoms with Gasteiger partial charge in [-0.25, -0.2) is 0 Å². The third-order valence-corrected chi connectivity index (χ3v) is 3.24. The number of rotatable bonds is 2. The van der Waals surface area contributed by atoms with E-state index in [1.54, 1.807) is 0 Å². The molecule has 0 aromatic heterocycles. The predicted molar refractivity (Wildman–Crippen MR) is 74.8 cm³/mol. The Balaban J connectivity index is 2.53. The summed E-state index contributed by atoms with van der Waals surface area (Å²) >= 11 is 0. The molecule has 0 radical (unpaired) electrons. The molecule has 0 amide bonds. The first-order chi connectivity index (χ1) is 8.81. The van der Waals surface area contributed by atoms with Crippen LogP contribution in [0.25, 0.3) is 21.5 Å². The van der Waals surface area contributed by atoms with E-state index in [9.17, 15) is 4.79 Å². The fraction of sp³-hybridized carbons (Fsp3) is 0.0625. The van der Waals surface area contributed by atoms with Crippen molar-refractivity contribution in [3.63, 3.8) is 0 Å². The number of fused-ring (bicyclic) bond motifs is 2. The minimum Gasteiger partial charge on any atom is -0.324 e. The van der Waals surface area contributed by atoms with Crippen molar-refractivity contribution >= 4 is 27.3 Å². The summed E-state index contributed by atoms with van der Waals surface area (Å²) in [5.74, 6) is -0.0111. The number of carbonyl (C=O) groups is 1. The van der Waals surface area contributed by atoms with Crippen molar-refractivity contribution in [2.45, 2.75) is 0 Å². The Labute approximate surface area is 105 Å². The minimum absolute atomic E-state index is 0.0111. The Morgan fingerprint density at radius 2 is 1.39 bits per heavy atom. The second-order valence-electron chi connectivity index (χ2n) is 4.32. The molecule has 0 saturated heterocycles. The largest absolute Gasteiger partial charge is 0.324 e. The second-order valence-corrected chi connectivity index (χ2v) is 4.32. The van der Waals surface area contributed by atoms with Crippen molar-refractivity contribution in [3.05, 3.63) is 60.2 Å². The highest BCUT2D eigenvalue weighted by atomic mass is 16.1. The molecule has 0 aliphatic carbocycles. The van der Waals surface area contributed by atoms with Crippen LogP contribution < -0.4 is 5.73 Å². The van der Waals surface area contributed by atoms with Gasteiger partial charge in [-0.1, -0.05) is 48.5 Å². The van der Waals surface area contributed by atoms with Gasteiger partial charge in [0.25, 0.3) is 0 Å². The van der Waals surface area contributed by atoms with Gasteiger partial charge in [0, 0.05) is 5.56 Å². The summed E-state index contributed by atoms with van der Waals surface area (Å²) < 4.78 is 0. The van der Waals surface area contributed by atoms with Crippen molar-refractivity contribution < 1.29 is 4.79 Å². The summed E-state index contributed by atoms with van der Waals surface area (Å²) in [6, 6.07) is 18.0. The summed E-state index contributed by atoms with van der Waals surface area (Å²) in [6.07, 6.45) is 0. The normalized spacial score (nSPS) is 10.9. The molecule has 0 atom stereocenters.